The molecule has 1 rings (SSSR count). The van der Waals surface area contributed by atoms with E-state index in [1.807, 2.05) is 6.07 Å². The zero-order valence-corrected chi connectivity index (χ0v) is 9.44. The topological polar surface area (TPSA) is 70.3 Å². The van der Waals surface area contributed by atoms with E-state index in [2.05, 4.69) is 4.74 Å². The lowest BCUT2D eigenvalue weighted by Gasteiger charge is -2.22. The van der Waals surface area contributed by atoms with Crippen LogP contribution < -0.4 is 0 Å². The van der Waals surface area contributed by atoms with Gasteiger partial charge < -0.3 is 9.84 Å². The van der Waals surface area contributed by atoms with Gasteiger partial charge in [-0.2, -0.15) is 5.26 Å². The van der Waals surface area contributed by atoms with E-state index in [9.17, 15) is 9.90 Å². The number of hydrogen-bond acceptors (Lipinski definition) is 4. The summed E-state index contributed by atoms with van der Waals surface area (Å²) in [5.74, 6) is -0.478. The Morgan fingerprint density at radius 1 is 1.50 bits per heavy atom. The van der Waals surface area contributed by atoms with Crippen LogP contribution in [0, 0.1) is 11.3 Å². The fourth-order valence-electron chi connectivity index (χ4n) is 1.39. The second-order valence-electron chi connectivity index (χ2n) is 3.96. The predicted octanol–water partition coefficient (Wildman–Crippen LogP) is 1.71. The van der Waals surface area contributed by atoms with Crippen molar-refractivity contribution in [3.05, 3.63) is 29.3 Å². The van der Waals surface area contributed by atoms with E-state index >= 15 is 0 Å². The van der Waals surface area contributed by atoms with Crippen molar-refractivity contribution in [3.63, 3.8) is 0 Å². The van der Waals surface area contributed by atoms with Gasteiger partial charge in [0.25, 0.3) is 0 Å². The van der Waals surface area contributed by atoms with Gasteiger partial charge in [0.05, 0.1) is 18.1 Å². The molecule has 0 aliphatic rings. The van der Waals surface area contributed by atoms with Crippen molar-refractivity contribution in [2.75, 3.05) is 7.11 Å². The molecule has 4 nitrogen and oxygen atoms in total. The summed E-state index contributed by atoms with van der Waals surface area (Å²) in [5, 5.41) is 18.1. The molecule has 1 aromatic carbocycles. The molecule has 84 valence electrons. The van der Waals surface area contributed by atoms with E-state index in [4.69, 9.17) is 5.26 Å². The molecule has 0 aliphatic carbocycles. The van der Waals surface area contributed by atoms with Gasteiger partial charge in [-0.25, -0.2) is 0 Å². The summed E-state index contributed by atoms with van der Waals surface area (Å²) in [4.78, 5) is 11.6. The molecule has 0 bridgehead atoms. The Bertz CT molecular complexity index is 458. The van der Waals surface area contributed by atoms with Gasteiger partial charge >= 0.3 is 5.97 Å². The summed E-state index contributed by atoms with van der Waals surface area (Å²) in [5.41, 5.74) is -0.0585. The van der Waals surface area contributed by atoms with E-state index in [1.54, 1.807) is 19.9 Å². The van der Waals surface area contributed by atoms with Gasteiger partial charge in [-0.3, -0.25) is 4.79 Å². The van der Waals surface area contributed by atoms with Crippen LogP contribution in [-0.4, -0.2) is 18.2 Å². The number of aromatic hydroxyl groups is 1. The highest BCUT2D eigenvalue weighted by atomic mass is 16.5. The molecule has 0 aromatic heterocycles. The molecule has 0 amide bonds. The number of carbonyl (C=O) groups excluding carboxylic acids is 1. The van der Waals surface area contributed by atoms with E-state index in [1.165, 1.54) is 19.2 Å². The largest absolute Gasteiger partial charge is 0.507 e. The van der Waals surface area contributed by atoms with E-state index in [0.29, 0.717) is 5.56 Å². The highest BCUT2D eigenvalue weighted by molar-refractivity contribution is 5.82. The molecule has 0 saturated heterocycles. The molecule has 0 heterocycles. The minimum atomic E-state index is -0.839. The number of ether oxygens (including phenoxy) is 1. The van der Waals surface area contributed by atoms with Gasteiger partial charge in [-0.05, 0) is 31.5 Å². The van der Waals surface area contributed by atoms with Gasteiger partial charge in [-0.15, -0.1) is 0 Å². The van der Waals surface area contributed by atoms with Crippen molar-refractivity contribution in [2.45, 2.75) is 19.3 Å². The third-order valence-corrected chi connectivity index (χ3v) is 2.53. The zero-order valence-electron chi connectivity index (χ0n) is 9.44. The highest BCUT2D eigenvalue weighted by Gasteiger charge is 2.31. The molecule has 1 aromatic rings. The van der Waals surface area contributed by atoms with Gasteiger partial charge in [-0.1, -0.05) is 6.07 Å². The summed E-state index contributed by atoms with van der Waals surface area (Å²) in [6.45, 7) is 3.40. The molecule has 1 N–H and O–H groups in total. The monoisotopic (exact) mass is 219 g/mol. The van der Waals surface area contributed by atoms with Crippen LogP contribution in [0.1, 0.15) is 25.0 Å². The maximum absolute atomic E-state index is 11.6. The van der Waals surface area contributed by atoms with Crippen molar-refractivity contribution < 1.29 is 14.6 Å². The Morgan fingerprint density at radius 3 is 2.62 bits per heavy atom. The molecule has 16 heavy (non-hydrogen) atoms. The van der Waals surface area contributed by atoms with Gasteiger partial charge in [0.1, 0.15) is 11.8 Å². The van der Waals surface area contributed by atoms with E-state index in [0.717, 1.165) is 0 Å². The molecule has 0 fully saturated rings. The Morgan fingerprint density at radius 2 is 2.12 bits per heavy atom. The van der Waals surface area contributed by atoms with Crippen molar-refractivity contribution in [1.82, 2.24) is 0 Å². The molecule has 0 saturated carbocycles. The van der Waals surface area contributed by atoms with E-state index in [-0.39, 0.29) is 17.3 Å². The van der Waals surface area contributed by atoms with Crippen LogP contribution in [0.2, 0.25) is 0 Å². The van der Waals surface area contributed by atoms with Crippen LogP contribution in [0.15, 0.2) is 18.2 Å². The fraction of sp³-hybridized carbons (Fsp3) is 0.333. The number of carbonyl (C=O) groups is 1. The second-order valence-corrected chi connectivity index (χ2v) is 3.96. The maximum Gasteiger partial charge on any atom is 0.315 e. The molecular formula is C12H13NO3. The standard InChI is InChI=1S/C12H13NO3/c1-12(2,11(15)16-3)9-4-5-10(14)8(6-9)7-13/h4-6,14H,1-3H3. The van der Waals surface area contributed by atoms with Crippen molar-refractivity contribution in [1.29, 1.82) is 5.26 Å². The van der Waals surface area contributed by atoms with Crippen molar-refractivity contribution in [3.8, 4) is 11.8 Å². The number of nitrogens with zero attached hydrogens (tertiary/aromatic N) is 1. The number of nitriles is 1. The van der Waals surface area contributed by atoms with E-state index < -0.39 is 5.41 Å². The average Bonchev–Trinajstić information content (AvgIpc) is 2.28. The van der Waals surface area contributed by atoms with Gasteiger partial charge in [0.15, 0.2) is 0 Å². The zero-order chi connectivity index (χ0) is 12.3. The first-order chi connectivity index (χ1) is 7.43. The molecule has 4 heteroatoms. The molecule has 0 spiro atoms. The first-order valence-corrected chi connectivity index (χ1v) is 4.75. The summed E-state index contributed by atoms with van der Waals surface area (Å²) >= 11 is 0. The van der Waals surface area contributed by atoms with Crippen LogP contribution in [0.25, 0.3) is 0 Å². The summed E-state index contributed by atoms with van der Waals surface area (Å²) in [7, 11) is 1.32. The molecule has 0 atom stereocenters. The van der Waals surface area contributed by atoms with Crippen molar-refractivity contribution in [2.24, 2.45) is 0 Å². The van der Waals surface area contributed by atoms with Crippen LogP contribution >= 0.6 is 0 Å². The molecule has 0 unspecified atom stereocenters. The minimum Gasteiger partial charge on any atom is -0.507 e. The lowest BCUT2D eigenvalue weighted by atomic mass is 9.84. The van der Waals surface area contributed by atoms with Crippen molar-refractivity contribution >= 4 is 5.97 Å². The third kappa shape index (κ3) is 1.98. The van der Waals surface area contributed by atoms with Crippen LogP contribution in [-0.2, 0) is 14.9 Å². The summed E-state index contributed by atoms with van der Waals surface area (Å²) in [6, 6.07) is 6.36. The lowest BCUT2D eigenvalue weighted by molar-refractivity contribution is -0.146. The summed E-state index contributed by atoms with van der Waals surface area (Å²) < 4.78 is 4.69. The Kier molecular flexibility index (Phi) is 3.19. The van der Waals surface area contributed by atoms with Crippen LogP contribution in [0.3, 0.4) is 0 Å². The third-order valence-electron chi connectivity index (χ3n) is 2.53. The minimum absolute atomic E-state index is 0.0908. The first kappa shape index (κ1) is 12.1. The van der Waals surface area contributed by atoms with Crippen LogP contribution in [0.5, 0.6) is 5.75 Å². The maximum atomic E-state index is 11.6. The number of esters is 1. The Labute approximate surface area is 94.1 Å². The highest BCUT2D eigenvalue weighted by Crippen LogP contribution is 2.28. The molecule has 0 radical (unpaired) electrons. The van der Waals surface area contributed by atoms with Gasteiger partial charge in [0, 0.05) is 0 Å². The first-order valence-electron chi connectivity index (χ1n) is 4.75. The number of methoxy groups -OCH3 is 1. The predicted molar refractivity (Wildman–Crippen MR) is 57.9 cm³/mol. The normalized spacial score (nSPS) is 10.6. The second kappa shape index (κ2) is 4.23. The summed E-state index contributed by atoms with van der Waals surface area (Å²) in [6.07, 6.45) is 0. The number of rotatable bonds is 2. The quantitative estimate of drug-likeness (QED) is 0.769. The number of phenols is 1. The average molecular weight is 219 g/mol. The smallest absolute Gasteiger partial charge is 0.315 e. The Hall–Kier alpha value is -2.02. The lowest BCUT2D eigenvalue weighted by Crippen LogP contribution is -2.30. The Balaban J connectivity index is 3.25. The molecular weight excluding hydrogens is 206 g/mol. The molecule has 0 aliphatic heterocycles. The van der Waals surface area contributed by atoms with Gasteiger partial charge in [0.2, 0.25) is 0 Å². The number of benzene rings is 1. The SMILES string of the molecule is COC(=O)C(C)(C)c1ccc(O)c(C#N)c1. The van der Waals surface area contributed by atoms with Crippen LogP contribution in [0.4, 0.5) is 0 Å². The fourth-order valence-corrected chi connectivity index (χ4v) is 1.39. The number of phenolic OH excluding ortho intramolecular Hbond substituents is 1. The number of hydrogen-bond donors (Lipinski definition) is 1.